The molecule has 10 heteroatoms. The molecular formula is C11H7F3N4O3. The van der Waals surface area contributed by atoms with Crippen LogP contribution in [-0.2, 0) is 0 Å². The van der Waals surface area contributed by atoms with Gasteiger partial charge in [-0.05, 0) is 0 Å². The van der Waals surface area contributed by atoms with E-state index in [2.05, 4.69) is 15.3 Å². The summed E-state index contributed by atoms with van der Waals surface area (Å²) >= 11 is 0. The summed E-state index contributed by atoms with van der Waals surface area (Å²) in [6.45, 7) is 0. The Morgan fingerprint density at radius 2 is 1.95 bits per heavy atom. The van der Waals surface area contributed by atoms with Gasteiger partial charge in [0, 0.05) is 13.1 Å². The van der Waals surface area contributed by atoms with Gasteiger partial charge in [-0.15, -0.1) is 0 Å². The molecule has 7 nitrogen and oxygen atoms in total. The maximum atomic E-state index is 13.6. The van der Waals surface area contributed by atoms with Crippen molar-refractivity contribution >= 4 is 11.6 Å². The average molecular weight is 300 g/mol. The number of hydrogen-bond donors (Lipinski definition) is 1. The highest BCUT2D eigenvalue weighted by molar-refractivity contribution is 5.41. The van der Waals surface area contributed by atoms with Crippen molar-refractivity contribution in [2.75, 3.05) is 12.4 Å². The van der Waals surface area contributed by atoms with Crippen LogP contribution >= 0.6 is 0 Å². The number of nitro benzene ring substituents is 1. The van der Waals surface area contributed by atoms with Crippen LogP contribution in [0.25, 0.3) is 0 Å². The minimum atomic E-state index is -1.32. The predicted molar refractivity (Wildman–Crippen MR) is 64.6 cm³/mol. The van der Waals surface area contributed by atoms with Gasteiger partial charge in [0.25, 0.3) is 5.88 Å². The molecule has 0 saturated carbocycles. The van der Waals surface area contributed by atoms with E-state index in [9.17, 15) is 23.3 Å². The number of nitrogens with one attached hydrogen (secondary N) is 1. The summed E-state index contributed by atoms with van der Waals surface area (Å²) in [5, 5.41) is 13.0. The standard InChI is InChI=1S/C11H7F3N4O3/c1-15-11-16-4-7(14)10(17-11)21-9-3-5(12)8(18(19)20)2-6(9)13/h2-4H,1H3,(H,15,16,17). The van der Waals surface area contributed by atoms with Crippen molar-refractivity contribution in [3.63, 3.8) is 0 Å². The summed E-state index contributed by atoms with van der Waals surface area (Å²) < 4.78 is 45.2. The molecule has 0 atom stereocenters. The Kier molecular flexibility index (Phi) is 3.87. The fourth-order valence-electron chi connectivity index (χ4n) is 1.38. The molecule has 0 radical (unpaired) electrons. The maximum absolute atomic E-state index is 13.6. The third-order valence-corrected chi connectivity index (χ3v) is 2.34. The van der Waals surface area contributed by atoms with Gasteiger partial charge in [-0.3, -0.25) is 10.1 Å². The highest BCUT2D eigenvalue weighted by Gasteiger charge is 2.21. The molecule has 2 rings (SSSR count). The van der Waals surface area contributed by atoms with Crippen molar-refractivity contribution in [1.82, 2.24) is 9.97 Å². The normalized spacial score (nSPS) is 10.3. The smallest absolute Gasteiger partial charge is 0.307 e. The van der Waals surface area contributed by atoms with Gasteiger partial charge in [-0.25, -0.2) is 9.37 Å². The van der Waals surface area contributed by atoms with Crippen LogP contribution in [0.15, 0.2) is 18.3 Å². The lowest BCUT2D eigenvalue weighted by Gasteiger charge is -2.08. The van der Waals surface area contributed by atoms with Gasteiger partial charge < -0.3 is 10.1 Å². The van der Waals surface area contributed by atoms with Crippen molar-refractivity contribution in [3.8, 4) is 11.6 Å². The monoisotopic (exact) mass is 300 g/mol. The Morgan fingerprint density at radius 1 is 1.24 bits per heavy atom. The molecule has 0 amide bonds. The lowest BCUT2D eigenvalue weighted by atomic mass is 10.3. The number of benzene rings is 1. The second kappa shape index (κ2) is 5.61. The maximum Gasteiger partial charge on any atom is 0.307 e. The summed E-state index contributed by atoms with van der Waals surface area (Å²) in [4.78, 5) is 16.5. The lowest BCUT2D eigenvalue weighted by molar-refractivity contribution is -0.387. The summed E-state index contributed by atoms with van der Waals surface area (Å²) in [5.41, 5.74) is -1.06. The zero-order valence-electron chi connectivity index (χ0n) is 10.4. The molecule has 1 N–H and O–H groups in total. The molecular weight excluding hydrogens is 293 g/mol. The fraction of sp³-hybridized carbons (Fsp3) is 0.0909. The topological polar surface area (TPSA) is 90.2 Å². The van der Waals surface area contributed by atoms with Crippen LogP contribution in [0.2, 0.25) is 0 Å². The minimum absolute atomic E-state index is 0.00538. The van der Waals surface area contributed by atoms with Crippen LogP contribution in [0, 0.1) is 27.6 Å². The first-order chi connectivity index (χ1) is 9.92. The van der Waals surface area contributed by atoms with Gasteiger partial charge in [-0.1, -0.05) is 0 Å². The van der Waals surface area contributed by atoms with Gasteiger partial charge in [0.1, 0.15) is 0 Å². The summed E-state index contributed by atoms with van der Waals surface area (Å²) in [6.07, 6.45) is 0.772. The minimum Gasteiger partial charge on any atom is -0.433 e. The van der Waals surface area contributed by atoms with Crippen molar-refractivity contribution in [2.45, 2.75) is 0 Å². The SMILES string of the molecule is CNc1ncc(F)c(Oc2cc(F)c([N+](=O)[O-])cc2F)n1. The number of nitro groups is 1. The Hall–Kier alpha value is -2.91. The highest BCUT2D eigenvalue weighted by Crippen LogP contribution is 2.30. The molecule has 0 bridgehead atoms. The van der Waals surface area contributed by atoms with Crippen LogP contribution in [0.3, 0.4) is 0 Å². The van der Waals surface area contributed by atoms with E-state index in [4.69, 9.17) is 4.74 Å². The number of nitrogens with zero attached hydrogens (tertiary/aromatic N) is 3. The van der Waals surface area contributed by atoms with E-state index in [0.717, 1.165) is 6.20 Å². The first kappa shape index (κ1) is 14.5. The number of aromatic nitrogens is 2. The molecule has 1 aromatic heterocycles. The predicted octanol–water partition coefficient (Wildman–Crippen LogP) is 2.64. The molecule has 0 spiro atoms. The molecule has 0 saturated heterocycles. The average Bonchev–Trinajstić information content (AvgIpc) is 2.44. The molecule has 110 valence electrons. The van der Waals surface area contributed by atoms with E-state index >= 15 is 0 Å². The highest BCUT2D eigenvalue weighted by atomic mass is 19.1. The van der Waals surface area contributed by atoms with E-state index in [-0.39, 0.29) is 5.95 Å². The van der Waals surface area contributed by atoms with Crippen LogP contribution in [-0.4, -0.2) is 21.9 Å². The molecule has 0 fully saturated rings. The molecule has 0 aliphatic carbocycles. The van der Waals surface area contributed by atoms with Crippen molar-refractivity contribution in [1.29, 1.82) is 0 Å². The van der Waals surface area contributed by atoms with Crippen LogP contribution in [0.4, 0.5) is 24.8 Å². The quantitative estimate of drug-likeness (QED) is 0.689. The largest absolute Gasteiger partial charge is 0.433 e. The van der Waals surface area contributed by atoms with E-state index in [1.54, 1.807) is 0 Å². The second-order valence-electron chi connectivity index (χ2n) is 3.69. The molecule has 1 aromatic carbocycles. The molecule has 2 aromatic rings. The number of halogens is 3. The Balaban J connectivity index is 2.40. The van der Waals surface area contributed by atoms with Crippen LogP contribution in [0.5, 0.6) is 11.6 Å². The van der Waals surface area contributed by atoms with Gasteiger partial charge in [-0.2, -0.15) is 13.8 Å². The van der Waals surface area contributed by atoms with Crippen molar-refractivity contribution < 1.29 is 22.8 Å². The number of anilines is 1. The van der Waals surface area contributed by atoms with E-state index in [1.807, 2.05) is 0 Å². The fourth-order valence-corrected chi connectivity index (χ4v) is 1.38. The number of rotatable bonds is 4. The first-order valence-corrected chi connectivity index (χ1v) is 5.44. The van der Waals surface area contributed by atoms with Crippen molar-refractivity contribution in [2.24, 2.45) is 0 Å². The zero-order chi connectivity index (χ0) is 15.6. The Bertz CT molecular complexity index is 711. The van der Waals surface area contributed by atoms with Crippen LogP contribution in [0.1, 0.15) is 0 Å². The Morgan fingerprint density at radius 3 is 2.57 bits per heavy atom. The van der Waals surface area contributed by atoms with Gasteiger partial charge >= 0.3 is 5.69 Å². The molecule has 1 heterocycles. The van der Waals surface area contributed by atoms with E-state index in [1.165, 1.54) is 7.05 Å². The van der Waals surface area contributed by atoms with Gasteiger partial charge in [0.15, 0.2) is 11.6 Å². The molecule has 21 heavy (non-hydrogen) atoms. The van der Waals surface area contributed by atoms with Gasteiger partial charge in [0.05, 0.1) is 17.2 Å². The Labute approximate surface area is 115 Å². The number of ether oxygens (including phenoxy) is 1. The van der Waals surface area contributed by atoms with Gasteiger partial charge in [0.2, 0.25) is 17.6 Å². The molecule has 0 aliphatic rings. The second-order valence-corrected chi connectivity index (χ2v) is 3.69. The number of hydrogen-bond acceptors (Lipinski definition) is 6. The lowest BCUT2D eigenvalue weighted by Crippen LogP contribution is -2.02. The summed E-state index contributed by atoms with van der Waals surface area (Å²) in [6, 6.07) is 0.775. The van der Waals surface area contributed by atoms with E-state index < -0.39 is 39.7 Å². The first-order valence-electron chi connectivity index (χ1n) is 5.44. The third kappa shape index (κ3) is 2.99. The van der Waals surface area contributed by atoms with E-state index in [0.29, 0.717) is 12.1 Å². The van der Waals surface area contributed by atoms with Crippen molar-refractivity contribution in [3.05, 3.63) is 45.9 Å². The summed E-state index contributed by atoms with van der Waals surface area (Å²) in [7, 11) is 1.46. The summed E-state index contributed by atoms with van der Waals surface area (Å²) in [5.74, 6) is -4.95. The third-order valence-electron chi connectivity index (χ3n) is 2.34. The van der Waals surface area contributed by atoms with Crippen LogP contribution < -0.4 is 10.1 Å². The molecule has 0 aliphatic heterocycles. The molecule has 0 unspecified atom stereocenters. The zero-order valence-corrected chi connectivity index (χ0v) is 10.4.